The Morgan fingerprint density at radius 1 is 1.33 bits per heavy atom. The van der Waals surface area contributed by atoms with Gasteiger partial charge in [-0.05, 0) is 19.3 Å². The van der Waals surface area contributed by atoms with E-state index >= 15 is 0 Å². The lowest BCUT2D eigenvalue weighted by atomic mass is 9.87. The molecule has 0 amide bonds. The molecule has 2 fully saturated rings. The van der Waals surface area contributed by atoms with Crippen molar-refractivity contribution in [1.29, 1.82) is 0 Å². The van der Waals surface area contributed by atoms with E-state index in [0.717, 1.165) is 25.5 Å². The number of aliphatic imine (C=N–C) groups is 1. The van der Waals surface area contributed by atoms with Crippen LogP contribution in [0.1, 0.15) is 45.4 Å². The van der Waals surface area contributed by atoms with Crippen molar-refractivity contribution in [3.8, 4) is 0 Å². The molecule has 1 N–H and O–H groups in total. The predicted octanol–water partition coefficient (Wildman–Crippen LogP) is 2.72. The van der Waals surface area contributed by atoms with Gasteiger partial charge in [0.25, 0.3) is 0 Å². The molecule has 4 heteroatoms. The molecule has 0 aromatic rings. The van der Waals surface area contributed by atoms with Gasteiger partial charge in [-0.25, -0.2) is 0 Å². The maximum absolute atomic E-state index is 4.45. The molecule has 1 spiro atoms. The van der Waals surface area contributed by atoms with Crippen LogP contribution in [0.15, 0.2) is 4.99 Å². The molecule has 0 bridgehead atoms. The van der Waals surface area contributed by atoms with Crippen LogP contribution in [-0.4, -0.2) is 48.0 Å². The Labute approximate surface area is 116 Å². The van der Waals surface area contributed by atoms with Gasteiger partial charge in [0.1, 0.15) is 0 Å². The van der Waals surface area contributed by atoms with Crippen molar-refractivity contribution in [2.24, 2.45) is 4.99 Å². The van der Waals surface area contributed by atoms with Gasteiger partial charge in [0, 0.05) is 37.2 Å². The fraction of sp³-hybridized carbons (Fsp3) is 0.929. The van der Waals surface area contributed by atoms with Crippen LogP contribution < -0.4 is 5.32 Å². The summed E-state index contributed by atoms with van der Waals surface area (Å²) < 4.78 is 0.528. The maximum atomic E-state index is 4.45. The van der Waals surface area contributed by atoms with Gasteiger partial charge in [-0.2, -0.15) is 11.8 Å². The zero-order valence-electron chi connectivity index (χ0n) is 11.9. The van der Waals surface area contributed by atoms with Crippen molar-refractivity contribution in [3.05, 3.63) is 0 Å². The average molecular weight is 269 g/mol. The molecule has 2 rings (SSSR count). The number of nitrogens with zero attached hydrogens (tertiary/aromatic N) is 2. The van der Waals surface area contributed by atoms with E-state index in [2.05, 4.69) is 33.9 Å². The number of nitrogens with one attached hydrogen (secondary N) is 1. The van der Waals surface area contributed by atoms with E-state index in [9.17, 15) is 0 Å². The summed E-state index contributed by atoms with van der Waals surface area (Å²) in [4.78, 5) is 6.93. The summed E-state index contributed by atoms with van der Waals surface area (Å²) in [6.45, 7) is 5.58. The third kappa shape index (κ3) is 3.34. The van der Waals surface area contributed by atoms with Crippen molar-refractivity contribution in [3.63, 3.8) is 0 Å². The molecule has 1 aliphatic carbocycles. The van der Waals surface area contributed by atoms with Crippen LogP contribution in [-0.2, 0) is 0 Å². The summed E-state index contributed by atoms with van der Waals surface area (Å²) in [7, 11) is 1.91. The molecule has 0 unspecified atom stereocenters. The summed E-state index contributed by atoms with van der Waals surface area (Å²) in [5.74, 6) is 2.37. The quantitative estimate of drug-likeness (QED) is 0.617. The third-order valence-electron chi connectivity index (χ3n) is 4.06. The van der Waals surface area contributed by atoms with Crippen LogP contribution >= 0.6 is 11.8 Å². The number of hydrogen-bond donors (Lipinski definition) is 1. The highest BCUT2D eigenvalue weighted by molar-refractivity contribution is 8.00. The third-order valence-corrected chi connectivity index (χ3v) is 5.59. The Morgan fingerprint density at radius 2 is 2.11 bits per heavy atom. The second-order valence-electron chi connectivity index (χ2n) is 5.49. The second kappa shape index (κ2) is 6.69. The van der Waals surface area contributed by atoms with Gasteiger partial charge >= 0.3 is 0 Å². The lowest BCUT2D eigenvalue weighted by Crippen LogP contribution is -2.53. The lowest BCUT2D eigenvalue weighted by Gasteiger charge is -2.45. The van der Waals surface area contributed by atoms with Crippen molar-refractivity contribution in [2.75, 3.05) is 32.4 Å². The van der Waals surface area contributed by atoms with E-state index in [1.165, 1.54) is 44.4 Å². The standard InChI is InChI=1S/C14H27N3S/c1-3-9-16-13(15-2)17-10-11-18-14(12-17)7-5-4-6-8-14/h3-12H2,1-2H3,(H,15,16). The highest BCUT2D eigenvalue weighted by atomic mass is 32.2. The molecular weight excluding hydrogens is 242 g/mol. The Morgan fingerprint density at radius 3 is 2.78 bits per heavy atom. The number of thioether (sulfide) groups is 1. The van der Waals surface area contributed by atoms with Gasteiger partial charge in [0.2, 0.25) is 0 Å². The summed E-state index contributed by atoms with van der Waals surface area (Å²) in [5.41, 5.74) is 0. The van der Waals surface area contributed by atoms with Gasteiger partial charge in [-0.3, -0.25) is 4.99 Å². The lowest BCUT2D eigenvalue weighted by molar-refractivity contribution is 0.293. The zero-order chi connectivity index (χ0) is 12.8. The highest BCUT2D eigenvalue weighted by Crippen LogP contribution is 2.42. The highest BCUT2D eigenvalue weighted by Gasteiger charge is 2.37. The van der Waals surface area contributed by atoms with Crippen LogP contribution in [0.3, 0.4) is 0 Å². The van der Waals surface area contributed by atoms with Gasteiger partial charge in [0.05, 0.1) is 0 Å². The van der Waals surface area contributed by atoms with Crippen molar-refractivity contribution < 1.29 is 0 Å². The van der Waals surface area contributed by atoms with E-state index in [0.29, 0.717) is 4.75 Å². The topological polar surface area (TPSA) is 27.6 Å². The second-order valence-corrected chi connectivity index (χ2v) is 7.05. The maximum Gasteiger partial charge on any atom is 0.193 e. The van der Waals surface area contributed by atoms with Crippen molar-refractivity contribution in [2.45, 2.75) is 50.2 Å². The van der Waals surface area contributed by atoms with E-state index in [-0.39, 0.29) is 0 Å². The SMILES string of the molecule is CCCNC(=NC)N1CCSC2(CCCCC2)C1. The first-order chi connectivity index (χ1) is 8.79. The molecule has 0 atom stereocenters. The molecule has 0 radical (unpaired) electrons. The monoisotopic (exact) mass is 269 g/mol. The molecule has 0 aromatic carbocycles. The summed E-state index contributed by atoms with van der Waals surface area (Å²) in [6, 6.07) is 0. The van der Waals surface area contributed by atoms with Gasteiger partial charge < -0.3 is 10.2 Å². The summed E-state index contributed by atoms with van der Waals surface area (Å²) in [6.07, 6.45) is 8.24. The van der Waals surface area contributed by atoms with Gasteiger partial charge in [-0.15, -0.1) is 0 Å². The molecule has 104 valence electrons. The minimum absolute atomic E-state index is 0.528. The minimum atomic E-state index is 0.528. The van der Waals surface area contributed by atoms with E-state index in [1.807, 2.05) is 7.05 Å². The number of rotatable bonds is 2. The molecule has 1 saturated heterocycles. The molecule has 3 nitrogen and oxygen atoms in total. The summed E-state index contributed by atoms with van der Waals surface area (Å²) >= 11 is 2.22. The van der Waals surface area contributed by atoms with E-state index in [4.69, 9.17) is 0 Å². The van der Waals surface area contributed by atoms with Crippen molar-refractivity contribution >= 4 is 17.7 Å². The van der Waals surface area contributed by atoms with Crippen LogP contribution in [0.4, 0.5) is 0 Å². The Balaban J connectivity index is 1.96. The smallest absolute Gasteiger partial charge is 0.193 e. The molecule has 1 heterocycles. The minimum Gasteiger partial charge on any atom is -0.356 e. The molecule has 0 aromatic heterocycles. The van der Waals surface area contributed by atoms with E-state index in [1.54, 1.807) is 0 Å². The largest absolute Gasteiger partial charge is 0.356 e. The average Bonchev–Trinajstić information content (AvgIpc) is 2.41. The van der Waals surface area contributed by atoms with Crippen molar-refractivity contribution in [1.82, 2.24) is 10.2 Å². The number of hydrogen-bond acceptors (Lipinski definition) is 2. The van der Waals surface area contributed by atoms with E-state index < -0.39 is 0 Å². The predicted molar refractivity (Wildman–Crippen MR) is 81.5 cm³/mol. The first-order valence-corrected chi connectivity index (χ1v) is 8.38. The normalized spacial score (nSPS) is 24.3. The first-order valence-electron chi connectivity index (χ1n) is 7.39. The zero-order valence-corrected chi connectivity index (χ0v) is 12.7. The molecule has 1 aliphatic heterocycles. The fourth-order valence-corrected chi connectivity index (χ4v) is 4.66. The summed E-state index contributed by atoms with van der Waals surface area (Å²) in [5, 5.41) is 3.48. The molecule has 1 saturated carbocycles. The molecule has 18 heavy (non-hydrogen) atoms. The Hall–Kier alpha value is -0.380. The first kappa shape index (κ1) is 14.0. The fourth-order valence-electron chi connectivity index (χ4n) is 3.09. The number of guanidine groups is 1. The van der Waals surface area contributed by atoms with Crippen LogP contribution in [0.5, 0.6) is 0 Å². The Bertz CT molecular complexity index is 279. The van der Waals surface area contributed by atoms with Gasteiger partial charge in [0.15, 0.2) is 5.96 Å². The Kier molecular flexibility index (Phi) is 5.22. The molecular formula is C14H27N3S. The van der Waals surface area contributed by atoms with Gasteiger partial charge in [-0.1, -0.05) is 26.2 Å². The van der Waals surface area contributed by atoms with Crippen LogP contribution in [0.25, 0.3) is 0 Å². The van der Waals surface area contributed by atoms with Crippen LogP contribution in [0.2, 0.25) is 0 Å². The molecule has 2 aliphatic rings. The van der Waals surface area contributed by atoms with Crippen LogP contribution in [0, 0.1) is 0 Å².